The summed E-state index contributed by atoms with van der Waals surface area (Å²) in [4.78, 5) is 5.37. The Morgan fingerprint density at radius 1 is 1.11 bits per heavy atom. The Kier molecular flexibility index (Phi) is 6.79. The monoisotopic (exact) mass is 399 g/mol. The SMILES string of the molecule is CC.COc1cc2c(OCc3cc(F)cc(SC)c3)ccnc2cc1C1CC1. The van der Waals surface area contributed by atoms with Crippen LogP contribution in [0.1, 0.15) is 43.7 Å². The summed E-state index contributed by atoms with van der Waals surface area (Å²) in [5.74, 6) is 1.95. The molecule has 0 spiro atoms. The molecule has 1 saturated carbocycles. The highest BCUT2D eigenvalue weighted by atomic mass is 32.2. The van der Waals surface area contributed by atoms with Gasteiger partial charge < -0.3 is 9.47 Å². The van der Waals surface area contributed by atoms with Crippen molar-refractivity contribution in [3.05, 3.63) is 59.5 Å². The molecule has 5 heteroatoms. The summed E-state index contributed by atoms with van der Waals surface area (Å²) in [5.41, 5.74) is 2.93. The van der Waals surface area contributed by atoms with Gasteiger partial charge in [0.05, 0.1) is 12.6 Å². The zero-order valence-electron chi connectivity index (χ0n) is 16.8. The van der Waals surface area contributed by atoms with E-state index >= 15 is 0 Å². The summed E-state index contributed by atoms with van der Waals surface area (Å²) in [5, 5.41) is 0.912. The molecule has 1 aromatic heterocycles. The quantitative estimate of drug-likeness (QED) is 0.438. The molecule has 0 N–H and O–H groups in total. The lowest BCUT2D eigenvalue weighted by atomic mass is 10.1. The molecule has 0 radical (unpaired) electrons. The number of aromatic nitrogens is 1. The maximum absolute atomic E-state index is 13.7. The molecule has 1 heterocycles. The van der Waals surface area contributed by atoms with E-state index in [1.165, 1.54) is 42.3 Å². The second-order valence-corrected chi connectivity index (χ2v) is 7.36. The number of methoxy groups -OCH3 is 1. The molecule has 148 valence electrons. The molecule has 28 heavy (non-hydrogen) atoms. The number of thioether (sulfide) groups is 1. The van der Waals surface area contributed by atoms with Crippen LogP contribution in [0.5, 0.6) is 11.5 Å². The van der Waals surface area contributed by atoms with Crippen molar-refractivity contribution in [2.24, 2.45) is 0 Å². The lowest BCUT2D eigenvalue weighted by Gasteiger charge is -2.13. The van der Waals surface area contributed by atoms with Gasteiger partial charge in [-0.15, -0.1) is 11.8 Å². The summed E-state index contributed by atoms with van der Waals surface area (Å²) in [6.45, 7) is 4.30. The van der Waals surface area contributed by atoms with Crippen LogP contribution in [-0.4, -0.2) is 18.3 Å². The number of hydrogen-bond acceptors (Lipinski definition) is 4. The van der Waals surface area contributed by atoms with Gasteiger partial charge in [-0.3, -0.25) is 4.98 Å². The highest BCUT2D eigenvalue weighted by Gasteiger charge is 2.27. The van der Waals surface area contributed by atoms with Crippen molar-refractivity contribution in [2.45, 2.75) is 44.1 Å². The Bertz CT molecular complexity index is 957. The first-order valence-electron chi connectivity index (χ1n) is 9.61. The molecule has 0 bridgehead atoms. The summed E-state index contributed by atoms with van der Waals surface area (Å²) >= 11 is 1.51. The van der Waals surface area contributed by atoms with Gasteiger partial charge >= 0.3 is 0 Å². The van der Waals surface area contributed by atoms with Crippen LogP contribution in [0, 0.1) is 5.82 Å². The fourth-order valence-electron chi connectivity index (χ4n) is 3.16. The molecule has 0 atom stereocenters. The van der Waals surface area contributed by atoms with Crippen molar-refractivity contribution >= 4 is 22.7 Å². The fraction of sp³-hybridized carbons (Fsp3) is 0.348. The van der Waals surface area contributed by atoms with Crippen LogP contribution in [0.15, 0.2) is 47.5 Å². The summed E-state index contributed by atoms with van der Waals surface area (Å²) in [6.07, 6.45) is 6.09. The van der Waals surface area contributed by atoms with Crippen LogP contribution >= 0.6 is 11.8 Å². The summed E-state index contributed by atoms with van der Waals surface area (Å²) in [6, 6.07) is 10.9. The fourth-order valence-corrected chi connectivity index (χ4v) is 3.66. The average Bonchev–Trinajstić information content (AvgIpc) is 3.57. The van der Waals surface area contributed by atoms with Gasteiger partial charge in [-0.25, -0.2) is 4.39 Å². The van der Waals surface area contributed by atoms with Crippen LogP contribution in [0.3, 0.4) is 0 Å². The molecule has 0 unspecified atom stereocenters. The number of pyridine rings is 1. The second-order valence-electron chi connectivity index (χ2n) is 6.48. The number of fused-ring (bicyclic) bond motifs is 1. The van der Waals surface area contributed by atoms with Gasteiger partial charge in [0, 0.05) is 16.5 Å². The molecular formula is C23H26FNO2S. The zero-order chi connectivity index (χ0) is 20.1. The number of halogens is 1. The second kappa shape index (κ2) is 9.28. The van der Waals surface area contributed by atoms with Crippen molar-refractivity contribution in [3.63, 3.8) is 0 Å². The van der Waals surface area contributed by atoms with Gasteiger partial charge in [0.1, 0.15) is 23.9 Å². The van der Waals surface area contributed by atoms with Crippen LogP contribution in [0.25, 0.3) is 10.9 Å². The first kappa shape index (κ1) is 20.5. The Labute approximate surface area is 170 Å². The first-order valence-corrected chi connectivity index (χ1v) is 10.8. The molecular weight excluding hydrogens is 373 g/mol. The Hall–Kier alpha value is -2.27. The van der Waals surface area contributed by atoms with Gasteiger partial charge in [0.15, 0.2) is 0 Å². The minimum atomic E-state index is -0.245. The highest BCUT2D eigenvalue weighted by molar-refractivity contribution is 7.98. The van der Waals surface area contributed by atoms with Crippen molar-refractivity contribution in [3.8, 4) is 11.5 Å². The van der Waals surface area contributed by atoms with Crippen molar-refractivity contribution in [2.75, 3.05) is 13.4 Å². The Morgan fingerprint density at radius 2 is 1.89 bits per heavy atom. The van der Waals surface area contributed by atoms with Crippen molar-refractivity contribution < 1.29 is 13.9 Å². The van der Waals surface area contributed by atoms with Gasteiger partial charge in [-0.1, -0.05) is 13.8 Å². The Balaban J connectivity index is 0.00000109. The van der Waals surface area contributed by atoms with E-state index in [-0.39, 0.29) is 5.82 Å². The lowest BCUT2D eigenvalue weighted by molar-refractivity contribution is 0.308. The number of benzene rings is 2. The van der Waals surface area contributed by atoms with Gasteiger partial charge in [-0.2, -0.15) is 0 Å². The third-order valence-electron chi connectivity index (χ3n) is 4.63. The number of rotatable bonds is 6. The molecule has 1 fully saturated rings. The molecule has 1 aliphatic rings. The minimum absolute atomic E-state index is 0.245. The van der Waals surface area contributed by atoms with Crippen molar-refractivity contribution in [1.82, 2.24) is 4.98 Å². The molecule has 3 nitrogen and oxygen atoms in total. The third-order valence-corrected chi connectivity index (χ3v) is 5.34. The molecule has 0 amide bonds. The Morgan fingerprint density at radius 3 is 2.57 bits per heavy atom. The maximum Gasteiger partial charge on any atom is 0.130 e. The maximum atomic E-state index is 13.7. The smallest absolute Gasteiger partial charge is 0.130 e. The largest absolute Gasteiger partial charge is 0.496 e. The van der Waals surface area contributed by atoms with E-state index in [1.54, 1.807) is 13.3 Å². The van der Waals surface area contributed by atoms with E-state index in [0.29, 0.717) is 12.5 Å². The predicted molar refractivity (Wildman–Crippen MR) is 114 cm³/mol. The van der Waals surface area contributed by atoms with Crippen molar-refractivity contribution in [1.29, 1.82) is 0 Å². The molecule has 1 aliphatic carbocycles. The average molecular weight is 400 g/mol. The molecule has 3 aromatic rings. The van der Waals surface area contributed by atoms with Crippen LogP contribution in [0.4, 0.5) is 4.39 Å². The van der Waals surface area contributed by atoms with E-state index in [0.717, 1.165) is 32.9 Å². The van der Waals surface area contributed by atoms with Crippen LogP contribution < -0.4 is 9.47 Å². The normalized spacial score (nSPS) is 13.0. The number of ether oxygens (including phenoxy) is 2. The highest BCUT2D eigenvalue weighted by Crippen LogP contribution is 2.46. The van der Waals surface area contributed by atoms with E-state index in [9.17, 15) is 4.39 Å². The topological polar surface area (TPSA) is 31.4 Å². The minimum Gasteiger partial charge on any atom is -0.496 e. The molecule has 4 rings (SSSR count). The van der Waals surface area contributed by atoms with Gasteiger partial charge in [0.25, 0.3) is 0 Å². The van der Waals surface area contributed by atoms with E-state index < -0.39 is 0 Å². The number of hydrogen-bond donors (Lipinski definition) is 0. The summed E-state index contributed by atoms with van der Waals surface area (Å²) < 4.78 is 25.3. The zero-order valence-corrected chi connectivity index (χ0v) is 17.6. The standard InChI is InChI=1S/C21H20FNO2S.C2H6/c1-24-21-11-18-19(10-17(21)14-3-4-14)23-6-5-20(18)25-12-13-7-15(22)9-16(8-13)26-2;1-2/h5-11,14H,3-4,12H2,1-2H3;1-2H3. The third kappa shape index (κ3) is 4.58. The predicted octanol–water partition coefficient (Wildman–Crippen LogP) is 6.59. The molecule has 2 aromatic carbocycles. The number of nitrogens with zero attached hydrogens (tertiary/aromatic N) is 1. The van der Waals surface area contributed by atoms with Crippen LogP contribution in [-0.2, 0) is 6.61 Å². The van der Waals surface area contributed by atoms with E-state index in [1.807, 2.05) is 38.3 Å². The van der Waals surface area contributed by atoms with E-state index in [2.05, 4.69) is 11.1 Å². The molecule has 0 aliphatic heterocycles. The van der Waals surface area contributed by atoms with Gasteiger partial charge in [-0.05, 0) is 72.5 Å². The molecule has 0 saturated heterocycles. The summed E-state index contributed by atoms with van der Waals surface area (Å²) in [7, 11) is 1.70. The van der Waals surface area contributed by atoms with E-state index in [4.69, 9.17) is 9.47 Å². The first-order chi connectivity index (χ1) is 13.7. The van der Waals surface area contributed by atoms with Gasteiger partial charge in [0.2, 0.25) is 0 Å². The van der Waals surface area contributed by atoms with Crippen LogP contribution in [0.2, 0.25) is 0 Å². The lowest BCUT2D eigenvalue weighted by Crippen LogP contribution is -1.99.